The molecule has 3 aromatic rings. The number of amides is 2. The van der Waals surface area contributed by atoms with Gasteiger partial charge in [-0.2, -0.15) is 0 Å². The van der Waals surface area contributed by atoms with Crippen molar-refractivity contribution in [2.24, 2.45) is 0 Å². The van der Waals surface area contributed by atoms with Crippen LogP contribution < -0.4 is 14.8 Å². The molecule has 1 aliphatic carbocycles. The fourth-order valence-corrected chi connectivity index (χ4v) is 5.37. The quantitative estimate of drug-likeness (QED) is 0.564. The summed E-state index contributed by atoms with van der Waals surface area (Å²) in [4.78, 5) is 33.9. The van der Waals surface area contributed by atoms with Gasteiger partial charge in [0, 0.05) is 12.6 Å². The number of fused-ring (bicyclic) bond motifs is 3. The van der Waals surface area contributed by atoms with Crippen LogP contribution in [0.25, 0.3) is 11.0 Å². The standard InChI is InChI=1S/C27H32N4O4/c1-27(26(33)28-19-8-4-5-9-19)17-30-21-11-7-6-10-20(21)29-24(30)25(32)31(27)15-14-18-12-13-22(34-2)23(16-18)35-3/h6-7,10-13,16,19H,4-5,8-9,14-15,17H2,1-3H3,(H,28,33). The number of methoxy groups -OCH3 is 2. The van der Waals surface area contributed by atoms with Gasteiger partial charge in [0.15, 0.2) is 17.3 Å². The number of imidazole rings is 1. The molecule has 2 aromatic carbocycles. The molecule has 1 N–H and O–H groups in total. The Kier molecular flexibility index (Phi) is 6.13. The van der Waals surface area contributed by atoms with Crippen LogP contribution in [0.3, 0.4) is 0 Å². The van der Waals surface area contributed by atoms with Gasteiger partial charge in [-0.05, 0) is 56.0 Å². The number of para-hydroxylation sites is 2. The molecule has 8 heteroatoms. The van der Waals surface area contributed by atoms with Crippen LogP contribution in [0.2, 0.25) is 0 Å². The van der Waals surface area contributed by atoms with Gasteiger partial charge < -0.3 is 24.3 Å². The summed E-state index contributed by atoms with van der Waals surface area (Å²) in [6.45, 7) is 2.62. The van der Waals surface area contributed by atoms with Crippen LogP contribution in [0.5, 0.6) is 11.5 Å². The van der Waals surface area contributed by atoms with Crippen LogP contribution in [0.4, 0.5) is 0 Å². The summed E-state index contributed by atoms with van der Waals surface area (Å²) in [5.74, 6) is 1.34. The van der Waals surface area contributed by atoms with Gasteiger partial charge in [-0.25, -0.2) is 4.98 Å². The number of nitrogens with one attached hydrogen (secondary N) is 1. The van der Waals surface area contributed by atoms with Crippen molar-refractivity contribution in [3.8, 4) is 11.5 Å². The summed E-state index contributed by atoms with van der Waals surface area (Å²) < 4.78 is 12.7. The van der Waals surface area contributed by atoms with Crippen molar-refractivity contribution in [3.05, 3.63) is 53.9 Å². The minimum Gasteiger partial charge on any atom is -0.493 e. The zero-order valence-electron chi connectivity index (χ0n) is 20.5. The van der Waals surface area contributed by atoms with Crippen LogP contribution in [-0.2, 0) is 17.8 Å². The molecule has 184 valence electrons. The summed E-state index contributed by atoms with van der Waals surface area (Å²) in [6.07, 6.45) is 4.79. The molecular weight excluding hydrogens is 444 g/mol. The van der Waals surface area contributed by atoms with Crippen molar-refractivity contribution in [1.29, 1.82) is 0 Å². The first-order chi connectivity index (χ1) is 16.9. The Hall–Kier alpha value is -3.55. The van der Waals surface area contributed by atoms with E-state index in [2.05, 4.69) is 10.3 Å². The molecule has 1 aliphatic heterocycles. The first kappa shape index (κ1) is 23.2. The molecule has 1 unspecified atom stereocenters. The van der Waals surface area contributed by atoms with Crippen molar-refractivity contribution in [1.82, 2.24) is 19.8 Å². The van der Waals surface area contributed by atoms with Crippen LogP contribution in [0, 0.1) is 0 Å². The number of hydrogen-bond acceptors (Lipinski definition) is 5. The van der Waals surface area contributed by atoms with E-state index in [1.165, 1.54) is 0 Å². The lowest BCUT2D eigenvalue weighted by atomic mass is 9.93. The molecule has 8 nitrogen and oxygen atoms in total. The van der Waals surface area contributed by atoms with Crippen LogP contribution >= 0.6 is 0 Å². The molecule has 0 bridgehead atoms. The second-order valence-electron chi connectivity index (χ2n) is 9.64. The molecule has 0 radical (unpaired) electrons. The van der Waals surface area contributed by atoms with Gasteiger partial charge in [-0.3, -0.25) is 9.59 Å². The van der Waals surface area contributed by atoms with Crippen LogP contribution in [0.1, 0.15) is 48.8 Å². The maximum Gasteiger partial charge on any atom is 0.290 e. The Morgan fingerprint density at radius 3 is 2.60 bits per heavy atom. The maximum absolute atomic E-state index is 13.8. The molecule has 0 saturated heterocycles. The van der Waals surface area contributed by atoms with Gasteiger partial charge in [0.1, 0.15) is 5.54 Å². The largest absolute Gasteiger partial charge is 0.493 e. The van der Waals surface area contributed by atoms with Crippen molar-refractivity contribution in [2.45, 2.75) is 57.2 Å². The highest BCUT2D eigenvalue weighted by Crippen LogP contribution is 2.32. The lowest BCUT2D eigenvalue weighted by Gasteiger charge is -2.44. The Balaban J connectivity index is 1.48. The minimum absolute atomic E-state index is 0.103. The third-order valence-corrected chi connectivity index (χ3v) is 7.40. The second-order valence-corrected chi connectivity index (χ2v) is 9.64. The molecule has 2 amide bonds. The zero-order valence-corrected chi connectivity index (χ0v) is 20.5. The van der Waals surface area contributed by atoms with Gasteiger partial charge in [-0.1, -0.05) is 31.0 Å². The van der Waals surface area contributed by atoms with Crippen molar-refractivity contribution < 1.29 is 19.1 Å². The van der Waals surface area contributed by atoms with Crippen LogP contribution in [-0.4, -0.2) is 58.6 Å². The summed E-state index contributed by atoms with van der Waals surface area (Å²) in [5.41, 5.74) is 1.59. The highest BCUT2D eigenvalue weighted by Gasteiger charge is 2.48. The SMILES string of the molecule is COc1ccc(CCN2C(=O)c3nc4ccccc4n3CC2(C)C(=O)NC2CCCC2)cc1OC. The number of hydrogen-bond donors (Lipinski definition) is 1. The predicted octanol–water partition coefficient (Wildman–Crippen LogP) is 3.57. The van der Waals surface area contributed by atoms with E-state index in [1.54, 1.807) is 19.1 Å². The molecule has 1 fully saturated rings. The topological polar surface area (TPSA) is 85.7 Å². The van der Waals surface area contributed by atoms with Crippen molar-refractivity contribution >= 4 is 22.8 Å². The Bertz CT molecular complexity index is 1260. The van der Waals surface area contributed by atoms with E-state index in [0.717, 1.165) is 42.3 Å². The number of carbonyl (C=O) groups is 2. The third-order valence-electron chi connectivity index (χ3n) is 7.40. The third kappa shape index (κ3) is 4.11. The van der Waals surface area contributed by atoms with Gasteiger partial charge in [-0.15, -0.1) is 0 Å². The lowest BCUT2D eigenvalue weighted by Crippen LogP contribution is -2.65. The average Bonchev–Trinajstić information content (AvgIpc) is 3.51. The minimum atomic E-state index is -1.04. The van der Waals surface area contributed by atoms with Gasteiger partial charge >= 0.3 is 0 Å². The van der Waals surface area contributed by atoms with Gasteiger partial charge in [0.05, 0.1) is 31.8 Å². The Morgan fingerprint density at radius 2 is 1.86 bits per heavy atom. The molecule has 2 aliphatic rings. The van der Waals surface area contributed by atoms with E-state index in [0.29, 0.717) is 36.8 Å². The van der Waals surface area contributed by atoms with E-state index in [1.807, 2.05) is 54.0 Å². The summed E-state index contributed by atoms with van der Waals surface area (Å²) in [5, 5.41) is 3.24. The van der Waals surface area contributed by atoms with Crippen LogP contribution in [0.15, 0.2) is 42.5 Å². The average molecular weight is 477 g/mol. The molecule has 1 atom stereocenters. The smallest absolute Gasteiger partial charge is 0.290 e. The molecule has 1 saturated carbocycles. The number of ether oxygens (including phenoxy) is 2. The van der Waals surface area contributed by atoms with E-state index in [4.69, 9.17) is 9.47 Å². The molecular formula is C27H32N4O4. The molecule has 1 aromatic heterocycles. The zero-order chi connectivity index (χ0) is 24.6. The number of benzene rings is 2. The normalized spacial score (nSPS) is 20.2. The molecule has 0 spiro atoms. The van der Waals surface area contributed by atoms with E-state index in [-0.39, 0.29) is 17.9 Å². The number of nitrogens with zero attached hydrogens (tertiary/aromatic N) is 3. The maximum atomic E-state index is 13.8. The van der Waals surface area contributed by atoms with Gasteiger partial charge in [0.25, 0.3) is 5.91 Å². The Morgan fingerprint density at radius 1 is 1.11 bits per heavy atom. The number of carbonyl (C=O) groups excluding carboxylic acids is 2. The van der Waals surface area contributed by atoms with E-state index < -0.39 is 5.54 Å². The number of rotatable bonds is 7. The highest BCUT2D eigenvalue weighted by atomic mass is 16.5. The predicted molar refractivity (Wildman–Crippen MR) is 133 cm³/mol. The number of aromatic nitrogens is 2. The molecule has 5 rings (SSSR count). The van der Waals surface area contributed by atoms with E-state index in [9.17, 15) is 9.59 Å². The molecule has 35 heavy (non-hydrogen) atoms. The monoisotopic (exact) mass is 476 g/mol. The second kappa shape index (κ2) is 9.24. The van der Waals surface area contributed by atoms with Crippen molar-refractivity contribution in [2.75, 3.05) is 20.8 Å². The first-order valence-corrected chi connectivity index (χ1v) is 12.2. The van der Waals surface area contributed by atoms with Gasteiger partial charge in [0.2, 0.25) is 5.91 Å². The summed E-state index contributed by atoms with van der Waals surface area (Å²) in [6, 6.07) is 13.6. The first-order valence-electron chi connectivity index (χ1n) is 12.2. The fraction of sp³-hybridized carbons (Fsp3) is 0.444. The van der Waals surface area contributed by atoms with Crippen molar-refractivity contribution in [3.63, 3.8) is 0 Å². The fourth-order valence-electron chi connectivity index (χ4n) is 5.37. The summed E-state index contributed by atoms with van der Waals surface area (Å²) >= 11 is 0. The summed E-state index contributed by atoms with van der Waals surface area (Å²) in [7, 11) is 3.20. The van der Waals surface area contributed by atoms with E-state index >= 15 is 0 Å². The Labute approximate surface area is 205 Å². The highest BCUT2D eigenvalue weighted by molar-refractivity contribution is 6.01. The lowest BCUT2D eigenvalue weighted by molar-refractivity contribution is -0.133. The molecule has 2 heterocycles.